The van der Waals surface area contributed by atoms with Gasteiger partial charge in [-0.3, -0.25) is 9.89 Å². The molecule has 0 saturated carbocycles. The molecule has 1 aliphatic heterocycles. The molecule has 1 saturated heterocycles. The molecular weight excluding hydrogens is 262 g/mol. The minimum absolute atomic E-state index is 0.0133. The van der Waals surface area contributed by atoms with Gasteiger partial charge in [0.05, 0.1) is 6.20 Å². The molecule has 1 fully saturated rings. The largest absolute Gasteiger partial charge is 0.334 e. The Kier molecular flexibility index (Phi) is 3.31. The maximum absolute atomic E-state index is 12.3. The third kappa shape index (κ3) is 2.52. The summed E-state index contributed by atoms with van der Waals surface area (Å²) in [4.78, 5) is 18.6. The molecule has 1 unspecified atom stereocenters. The number of aromatic amines is 1. The van der Waals surface area contributed by atoms with Gasteiger partial charge < -0.3 is 10.2 Å². The summed E-state index contributed by atoms with van der Waals surface area (Å²) < 4.78 is 0. The minimum atomic E-state index is 0.0133. The molecule has 0 aliphatic carbocycles. The van der Waals surface area contributed by atoms with Gasteiger partial charge in [-0.1, -0.05) is 0 Å². The smallest absolute Gasteiger partial charge is 0.273 e. The molecule has 2 aromatic rings. The predicted octanol–water partition coefficient (Wildman–Crippen LogP) is 0.967. The Labute approximate surface area is 114 Å². The zero-order chi connectivity index (χ0) is 13.2. The first-order valence-corrected chi connectivity index (χ1v) is 7.09. The van der Waals surface area contributed by atoms with Gasteiger partial charge >= 0.3 is 0 Å². The Hall–Kier alpha value is -1.73. The van der Waals surface area contributed by atoms with Crippen LogP contribution in [0.4, 0.5) is 0 Å². The number of hydrogen-bond donors (Lipinski definition) is 2. The fourth-order valence-corrected chi connectivity index (χ4v) is 2.93. The first kappa shape index (κ1) is 12.3. The predicted molar refractivity (Wildman–Crippen MR) is 73.1 cm³/mol. The molecule has 3 rings (SSSR count). The molecule has 0 radical (unpaired) electrons. The second-order valence-corrected chi connectivity index (χ2v) is 5.49. The normalized spacial score (nSPS) is 19.6. The van der Waals surface area contributed by atoms with Crippen LogP contribution in [0.3, 0.4) is 0 Å². The Morgan fingerprint density at radius 3 is 3.21 bits per heavy atom. The molecule has 1 atom stereocenters. The number of aromatic nitrogens is 3. The molecular formula is C12H15N5OS. The van der Waals surface area contributed by atoms with Crippen molar-refractivity contribution in [2.45, 2.75) is 13.0 Å². The molecule has 1 amide bonds. The van der Waals surface area contributed by atoms with Crippen molar-refractivity contribution in [3.8, 4) is 10.6 Å². The van der Waals surface area contributed by atoms with Gasteiger partial charge in [0.15, 0.2) is 0 Å². The van der Waals surface area contributed by atoms with Crippen molar-refractivity contribution >= 4 is 17.2 Å². The lowest BCUT2D eigenvalue weighted by molar-refractivity contribution is 0.0704. The zero-order valence-electron chi connectivity index (χ0n) is 10.6. The topological polar surface area (TPSA) is 73.9 Å². The summed E-state index contributed by atoms with van der Waals surface area (Å²) >= 11 is 1.47. The SMILES string of the molecule is CC1CN(C(=O)c2csc(-c3cn[nH]c3)n2)CCN1. The third-order valence-electron chi connectivity index (χ3n) is 3.12. The number of H-pyrrole nitrogens is 1. The zero-order valence-corrected chi connectivity index (χ0v) is 11.4. The lowest BCUT2D eigenvalue weighted by Crippen LogP contribution is -2.51. The Balaban J connectivity index is 1.77. The first-order valence-electron chi connectivity index (χ1n) is 6.21. The van der Waals surface area contributed by atoms with Crippen LogP contribution >= 0.6 is 11.3 Å². The average Bonchev–Trinajstić information content (AvgIpc) is 3.08. The van der Waals surface area contributed by atoms with Crippen LogP contribution in [0, 0.1) is 0 Å². The molecule has 7 heteroatoms. The molecule has 1 aliphatic rings. The molecule has 6 nitrogen and oxygen atoms in total. The second kappa shape index (κ2) is 5.10. The van der Waals surface area contributed by atoms with Crippen molar-refractivity contribution in [2.75, 3.05) is 19.6 Å². The average molecular weight is 277 g/mol. The van der Waals surface area contributed by atoms with Gasteiger partial charge in [-0.05, 0) is 6.92 Å². The van der Waals surface area contributed by atoms with E-state index >= 15 is 0 Å². The van der Waals surface area contributed by atoms with E-state index in [1.165, 1.54) is 11.3 Å². The van der Waals surface area contributed by atoms with Crippen molar-refractivity contribution in [1.29, 1.82) is 0 Å². The molecule has 100 valence electrons. The van der Waals surface area contributed by atoms with Crippen LogP contribution in [0.25, 0.3) is 10.6 Å². The highest BCUT2D eigenvalue weighted by molar-refractivity contribution is 7.13. The Bertz CT molecular complexity index is 564. The van der Waals surface area contributed by atoms with Crippen molar-refractivity contribution in [3.05, 3.63) is 23.5 Å². The van der Waals surface area contributed by atoms with Crippen molar-refractivity contribution in [1.82, 2.24) is 25.4 Å². The third-order valence-corrected chi connectivity index (χ3v) is 4.02. The molecule has 0 aromatic carbocycles. The number of nitrogens with zero attached hydrogens (tertiary/aromatic N) is 3. The maximum Gasteiger partial charge on any atom is 0.273 e. The molecule has 19 heavy (non-hydrogen) atoms. The summed E-state index contributed by atoms with van der Waals surface area (Å²) in [5, 5.41) is 12.6. The summed E-state index contributed by atoms with van der Waals surface area (Å²) in [7, 11) is 0. The van der Waals surface area contributed by atoms with Crippen LogP contribution < -0.4 is 5.32 Å². The van der Waals surface area contributed by atoms with Gasteiger partial charge in [-0.2, -0.15) is 5.10 Å². The van der Waals surface area contributed by atoms with Gasteiger partial charge in [-0.25, -0.2) is 4.98 Å². The summed E-state index contributed by atoms with van der Waals surface area (Å²) in [5.74, 6) is 0.0133. The van der Waals surface area contributed by atoms with Crippen molar-refractivity contribution in [3.63, 3.8) is 0 Å². The Morgan fingerprint density at radius 1 is 1.58 bits per heavy atom. The number of hydrogen-bond acceptors (Lipinski definition) is 5. The summed E-state index contributed by atoms with van der Waals surface area (Å²) in [6.45, 7) is 4.39. The van der Waals surface area contributed by atoms with E-state index in [2.05, 4.69) is 27.4 Å². The summed E-state index contributed by atoms with van der Waals surface area (Å²) in [5.41, 5.74) is 1.44. The lowest BCUT2D eigenvalue weighted by atomic mass is 10.2. The van der Waals surface area contributed by atoms with Crippen molar-refractivity contribution in [2.24, 2.45) is 0 Å². The number of carbonyl (C=O) groups is 1. The number of amides is 1. The number of thiazole rings is 1. The van der Waals surface area contributed by atoms with Crippen LogP contribution in [-0.2, 0) is 0 Å². The number of carbonyl (C=O) groups excluding carboxylic acids is 1. The highest BCUT2D eigenvalue weighted by Gasteiger charge is 2.23. The van der Waals surface area contributed by atoms with E-state index < -0.39 is 0 Å². The number of piperazine rings is 1. The van der Waals surface area contributed by atoms with Crippen molar-refractivity contribution < 1.29 is 4.79 Å². The van der Waals surface area contributed by atoms with Crippen LogP contribution in [0.5, 0.6) is 0 Å². The van der Waals surface area contributed by atoms with Gasteiger partial charge in [0, 0.05) is 42.8 Å². The van der Waals surface area contributed by atoms with Crippen LogP contribution in [0.2, 0.25) is 0 Å². The van der Waals surface area contributed by atoms with E-state index in [9.17, 15) is 4.79 Å². The van der Waals surface area contributed by atoms with E-state index in [1.54, 1.807) is 12.4 Å². The van der Waals surface area contributed by atoms with Crippen LogP contribution in [-0.4, -0.2) is 51.7 Å². The highest BCUT2D eigenvalue weighted by Crippen LogP contribution is 2.23. The van der Waals surface area contributed by atoms with Crippen LogP contribution in [0.15, 0.2) is 17.8 Å². The fourth-order valence-electron chi connectivity index (χ4n) is 2.15. The lowest BCUT2D eigenvalue weighted by Gasteiger charge is -2.31. The highest BCUT2D eigenvalue weighted by atomic mass is 32.1. The molecule has 2 N–H and O–H groups in total. The minimum Gasteiger partial charge on any atom is -0.334 e. The van der Waals surface area contributed by atoms with E-state index in [4.69, 9.17) is 0 Å². The Morgan fingerprint density at radius 2 is 2.47 bits per heavy atom. The monoisotopic (exact) mass is 277 g/mol. The van der Waals surface area contributed by atoms with Gasteiger partial charge in [0.1, 0.15) is 10.7 Å². The van der Waals surface area contributed by atoms with E-state index in [0.717, 1.165) is 30.2 Å². The second-order valence-electron chi connectivity index (χ2n) is 4.63. The van der Waals surface area contributed by atoms with Gasteiger partial charge in [-0.15, -0.1) is 11.3 Å². The number of nitrogens with one attached hydrogen (secondary N) is 2. The molecule has 3 heterocycles. The number of rotatable bonds is 2. The molecule has 0 spiro atoms. The van der Waals surface area contributed by atoms with Gasteiger partial charge in [0.2, 0.25) is 0 Å². The first-order chi connectivity index (χ1) is 9.24. The summed E-state index contributed by atoms with van der Waals surface area (Å²) in [6.07, 6.45) is 3.49. The van der Waals surface area contributed by atoms with E-state index in [0.29, 0.717) is 11.7 Å². The summed E-state index contributed by atoms with van der Waals surface area (Å²) in [6, 6.07) is 0.338. The van der Waals surface area contributed by atoms with Crippen LogP contribution in [0.1, 0.15) is 17.4 Å². The standard InChI is InChI=1S/C12H15N5OS/c1-8-6-17(3-2-13-8)12(18)10-7-19-11(16-10)9-4-14-15-5-9/h4-5,7-8,13H,2-3,6H2,1H3,(H,14,15). The maximum atomic E-state index is 12.3. The fraction of sp³-hybridized carbons (Fsp3) is 0.417. The molecule has 2 aromatic heterocycles. The van der Waals surface area contributed by atoms with E-state index in [1.807, 2.05) is 10.3 Å². The quantitative estimate of drug-likeness (QED) is 0.857. The van der Waals surface area contributed by atoms with E-state index in [-0.39, 0.29) is 5.91 Å². The molecule has 0 bridgehead atoms. The van der Waals surface area contributed by atoms with Gasteiger partial charge in [0.25, 0.3) is 5.91 Å².